The highest BCUT2D eigenvalue weighted by atomic mass is 16.4. The van der Waals surface area contributed by atoms with Crippen LogP contribution in [0.4, 0.5) is 0 Å². The van der Waals surface area contributed by atoms with Gasteiger partial charge in [-0.25, -0.2) is 0 Å². The van der Waals surface area contributed by atoms with Crippen molar-refractivity contribution in [3.63, 3.8) is 0 Å². The normalized spacial score (nSPS) is 51.7. The number of aliphatic hydroxyl groups excluding tert-OH is 2. The quantitative estimate of drug-likeness (QED) is 0.659. The lowest BCUT2D eigenvalue weighted by Crippen LogP contribution is -2.58. The second kappa shape index (κ2) is 7.27. The van der Waals surface area contributed by atoms with E-state index < -0.39 is 5.97 Å². The summed E-state index contributed by atoms with van der Waals surface area (Å²) in [6.07, 6.45) is 9.19. The first-order valence-corrected chi connectivity index (χ1v) is 11.7. The highest BCUT2D eigenvalue weighted by Gasteiger charge is 2.62. The van der Waals surface area contributed by atoms with Crippen LogP contribution in [0, 0.1) is 46.3 Å². The predicted molar refractivity (Wildman–Crippen MR) is 109 cm³/mol. The van der Waals surface area contributed by atoms with Crippen molar-refractivity contribution in [2.24, 2.45) is 46.3 Å². The minimum Gasteiger partial charge on any atom is -0.481 e. The van der Waals surface area contributed by atoms with Gasteiger partial charge in [-0.15, -0.1) is 0 Å². The molecule has 1 unspecified atom stereocenters. The van der Waals surface area contributed by atoms with Crippen molar-refractivity contribution >= 4 is 5.97 Å². The fourth-order valence-corrected chi connectivity index (χ4v) is 8.73. The molecule has 0 aliphatic heterocycles. The minimum absolute atomic E-state index is 0.179. The molecule has 0 aromatic heterocycles. The SMILES string of the molecule is C[C@H](CCC(=O)O)[C@H]1CC[C@H]2[C@H]3C(CC[C@]12C)[C@@]1(C)CC[C@@H](O)C[C@H]1C[C@H]3O. The lowest BCUT2D eigenvalue weighted by molar-refractivity contribution is -0.174. The zero-order chi connectivity index (χ0) is 20.3. The van der Waals surface area contributed by atoms with Crippen molar-refractivity contribution in [3.05, 3.63) is 0 Å². The number of hydrogen-bond donors (Lipinski definition) is 3. The molecular formula is C24H40O4. The molecule has 10 atom stereocenters. The van der Waals surface area contributed by atoms with Gasteiger partial charge in [-0.2, -0.15) is 0 Å². The van der Waals surface area contributed by atoms with Crippen molar-refractivity contribution in [1.82, 2.24) is 0 Å². The Hall–Kier alpha value is -0.610. The van der Waals surface area contributed by atoms with Crippen LogP contribution < -0.4 is 0 Å². The number of carbonyl (C=O) groups is 1. The summed E-state index contributed by atoms with van der Waals surface area (Å²) >= 11 is 0. The first-order chi connectivity index (χ1) is 13.2. The van der Waals surface area contributed by atoms with Gasteiger partial charge in [-0.3, -0.25) is 4.79 Å². The number of carboxylic acids is 1. The van der Waals surface area contributed by atoms with Gasteiger partial charge in [0.25, 0.3) is 0 Å². The summed E-state index contributed by atoms with van der Waals surface area (Å²) in [4.78, 5) is 11.1. The molecule has 4 aliphatic carbocycles. The van der Waals surface area contributed by atoms with Gasteiger partial charge in [0.05, 0.1) is 12.2 Å². The molecule has 28 heavy (non-hydrogen) atoms. The largest absolute Gasteiger partial charge is 0.481 e. The van der Waals surface area contributed by atoms with E-state index in [0.717, 1.165) is 32.1 Å². The Kier molecular flexibility index (Phi) is 5.36. The maximum absolute atomic E-state index is 11.2. The molecule has 0 spiro atoms. The molecule has 4 nitrogen and oxygen atoms in total. The topological polar surface area (TPSA) is 77.8 Å². The highest BCUT2D eigenvalue weighted by Crippen LogP contribution is 2.68. The smallest absolute Gasteiger partial charge is 0.303 e. The number of fused-ring (bicyclic) bond motifs is 5. The summed E-state index contributed by atoms with van der Waals surface area (Å²) in [5.41, 5.74) is 0.523. The van der Waals surface area contributed by atoms with Crippen LogP contribution in [0.15, 0.2) is 0 Å². The van der Waals surface area contributed by atoms with Crippen molar-refractivity contribution in [3.8, 4) is 0 Å². The third-order valence-electron chi connectivity index (χ3n) is 10.2. The maximum atomic E-state index is 11.2. The molecule has 4 fully saturated rings. The molecule has 0 amide bonds. The summed E-state index contributed by atoms with van der Waals surface area (Å²) < 4.78 is 0. The Morgan fingerprint density at radius 2 is 1.68 bits per heavy atom. The second-order valence-electron chi connectivity index (χ2n) is 11.4. The highest BCUT2D eigenvalue weighted by molar-refractivity contribution is 5.66. The summed E-state index contributed by atoms with van der Waals surface area (Å²) in [6.45, 7) is 7.16. The Bertz CT molecular complexity index is 605. The molecule has 4 rings (SSSR count). The van der Waals surface area contributed by atoms with E-state index in [1.54, 1.807) is 0 Å². The van der Waals surface area contributed by atoms with Crippen LogP contribution in [0.1, 0.15) is 85.0 Å². The molecule has 4 heteroatoms. The molecule has 4 saturated carbocycles. The van der Waals surface area contributed by atoms with E-state index >= 15 is 0 Å². The van der Waals surface area contributed by atoms with Crippen molar-refractivity contribution in [1.29, 1.82) is 0 Å². The van der Waals surface area contributed by atoms with Gasteiger partial charge in [0, 0.05) is 6.42 Å². The first kappa shape index (κ1) is 20.7. The molecular weight excluding hydrogens is 352 g/mol. The van der Waals surface area contributed by atoms with E-state index in [0.29, 0.717) is 35.5 Å². The first-order valence-electron chi connectivity index (χ1n) is 11.7. The van der Waals surface area contributed by atoms with Gasteiger partial charge in [-0.05, 0) is 104 Å². The predicted octanol–water partition coefficient (Wildman–Crippen LogP) is 4.48. The van der Waals surface area contributed by atoms with Gasteiger partial charge in [0.15, 0.2) is 0 Å². The van der Waals surface area contributed by atoms with Crippen LogP contribution in [0.2, 0.25) is 0 Å². The molecule has 3 N–H and O–H groups in total. The summed E-state index contributed by atoms with van der Waals surface area (Å²) in [6, 6.07) is 0. The third kappa shape index (κ3) is 3.14. The fraction of sp³-hybridized carbons (Fsp3) is 0.958. The van der Waals surface area contributed by atoms with Gasteiger partial charge < -0.3 is 15.3 Å². The number of carboxylic acid groups (broad SMARTS) is 1. The lowest BCUT2D eigenvalue weighted by atomic mass is 9.43. The number of aliphatic hydroxyl groups is 2. The van der Waals surface area contributed by atoms with Crippen LogP contribution in [-0.4, -0.2) is 33.5 Å². The van der Waals surface area contributed by atoms with Crippen LogP contribution in [-0.2, 0) is 4.79 Å². The minimum atomic E-state index is -0.684. The van der Waals surface area contributed by atoms with E-state index in [-0.39, 0.29) is 29.5 Å². The van der Waals surface area contributed by atoms with E-state index in [2.05, 4.69) is 20.8 Å². The average Bonchev–Trinajstić information content (AvgIpc) is 2.98. The molecule has 0 bridgehead atoms. The molecule has 160 valence electrons. The van der Waals surface area contributed by atoms with Crippen molar-refractivity contribution in [2.75, 3.05) is 0 Å². The number of aliphatic carboxylic acids is 1. The standard InChI is InChI=1S/C24H40O4/c1-14(4-7-21(27)28)17-5-6-18-22-19(9-11-24(17,18)3)23(2)10-8-16(25)12-15(23)13-20(22)26/h14-20,22,25-26H,4-13H2,1-3H3,(H,27,28)/t14-,15+,16-,17-,18+,19?,20-,22+,23+,24-/m1/s1. The third-order valence-corrected chi connectivity index (χ3v) is 10.2. The molecule has 0 aromatic rings. The zero-order valence-corrected chi connectivity index (χ0v) is 17.9. The van der Waals surface area contributed by atoms with Crippen LogP contribution in [0.25, 0.3) is 0 Å². The summed E-state index contributed by atoms with van der Waals surface area (Å²) in [5, 5.41) is 30.5. The van der Waals surface area contributed by atoms with Gasteiger partial charge in [0.1, 0.15) is 0 Å². The van der Waals surface area contributed by atoms with Gasteiger partial charge >= 0.3 is 5.97 Å². The van der Waals surface area contributed by atoms with Crippen LogP contribution >= 0.6 is 0 Å². The number of hydrogen-bond acceptors (Lipinski definition) is 3. The molecule has 0 heterocycles. The fourth-order valence-electron chi connectivity index (χ4n) is 8.73. The Morgan fingerprint density at radius 3 is 2.39 bits per heavy atom. The number of rotatable bonds is 4. The second-order valence-corrected chi connectivity index (χ2v) is 11.4. The molecule has 4 aliphatic rings. The van der Waals surface area contributed by atoms with E-state index in [4.69, 9.17) is 5.11 Å². The average molecular weight is 393 g/mol. The molecule has 0 saturated heterocycles. The van der Waals surface area contributed by atoms with Crippen LogP contribution in [0.5, 0.6) is 0 Å². The maximum Gasteiger partial charge on any atom is 0.303 e. The Balaban J connectivity index is 1.55. The van der Waals surface area contributed by atoms with E-state index in [1.807, 2.05) is 0 Å². The van der Waals surface area contributed by atoms with Crippen LogP contribution in [0.3, 0.4) is 0 Å². The summed E-state index contributed by atoms with van der Waals surface area (Å²) in [5.74, 6) is 2.36. The molecule has 0 radical (unpaired) electrons. The van der Waals surface area contributed by atoms with Crippen molar-refractivity contribution in [2.45, 2.75) is 97.2 Å². The Labute approximate surface area is 170 Å². The zero-order valence-electron chi connectivity index (χ0n) is 17.9. The van der Waals surface area contributed by atoms with E-state index in [1.165, 1.54) is 25.7 Å². The lowest BCUT2D eigenvalue weighted by Gasteiger charge is -2.62. The Morgan fingerprint density at radius 1 is 1.00 bits per heavy atom. The van der Waals surface area contributed by atoms with Gasteiger partial charge in [0.2, 0.25) is 0 Å². The molecule has 0 aromatic carbocycles. The van der Waals surface area contributed by atoms with Gasteiger partial charge in [-0.1, -0.05) is 20.8 Å². The monoisotopic (exact) mass is 392 g/mol. The van der Waals surface area contributed by atoms with E-state index in [9.17, 15) is 15.0 Å². The summed E-state index contributed by atoms with van der Waals surface area (Å²) in [7, 11) is 0. The van der Waals surface area contributed by atoms with Crippen molar-refractivity contribution < 1.29 is 20.1 Å².